The van der Waals surface area contributed by atoms with Gasteiger partial charge in [0.2, 0.25) is 0 Å². The van der Waals surface area contributed by atoms with Crippen LogP contribution in [0, 0.1) is 5.41 Å². The summed E-state index contributed by atoms with van der Waals surface area (Å²) in [6.45, 7) is 7.95. The molecule has 1 aromatic heterocycles. The number of hydrogen-bond acceptors (Lipinski definition) is 3. The van der Waals surface area contributed by atoms with Crippen molar-refractivity contribution in [2.45, 2.75) is 78.3 Å². The normalized spacial score (nSPS) is 20.0. The minimum Gasteiger partial charge on any atom is -0.357 e. The number of nitrogens with zero attached hydrogens (tertiary/aromatic N) is 4. The Labute approximate surface area is 145 Å². The van der Waals surface area contributed by atoms with Gasteiger partial charge >= 0.3 is 0 Å². The van der Waals surface area contributed by atoms with Gasteiger partial charge in [-0.3, -0.25) is 0 Å². The van der Waals surface area contributed by atoms with Crippen LogP contribution in [0.15, 0.2) is 4.99 Å². The summed E-state index contributed by atoms with van der Waals surface area (Å²) in [5.41, 5.74) is 0.488. The summed E-state index contributed by atoms with van der Waals surface area (Å²) in [6.07, 6.45) is 10.1. The first kappa shape index (κ1) is 17.2. The van der Waals surface area contributed by atoms with E-state index >= 15 is 0 Å². The molecule has 0 bridgehead atoms. The van der Waals surface area contributed by atoms with Crippen molar-refractivity contribution < 1.29 is 0 Å². The molecule has 0 unspecified atom stereocenters. The van der Waals surface area contributed by atoms with E-state index in [0.29, 0.717) is 12.0 Å². The lowest BCUT2D eigenvalue weighted by Gasteiger charge is -2.41. The molecule has 0 aromatic carbocycles. The maximum Gasteiger partial charge on any atom is 0.191 e. The lowest BCUT2D eigenvalue weighted by Crippen LogP contribution is -2.46. The van der Waals surface area contributed by atoms with Gasteiger partial charge in [0.05, 0.1) is 0 Å². The zero-order valence-electron chi connectivity index (χ0n) is 15.3. The molecule has 0 radical (unpaired) electrons. The fraction of sp³-hybridized carbons (Fsp3) is 0.833. The zero-order chi connectivity index (χ0) is 16.8. The minimum absolute atomic E-state index is 0.488. The van der Waals surface area contributed by atoms with Gasteiger partial charge in [-0.2, -0.15) is 0 Å². The van der Waals surface area contributed by atoms with Crippen LogP contribution in [0.4, 0.5) is 0 Å². The van der Waals surface area contributed by atoms with Crippen molar-refractivity contribution in [1.29, 1.82) is 0 Å². The van der Waals surface area contributed by atoms with Crippen molar-refractivity contribution in [2.75, 3.05) is 13.1 Å². The summed E-state index contributed by atoms with van der Waals surface area (Å²) in [5.74, 6) is 3.04. The highest BCUT2D eigenvalue weighted by molar-refractivity contribution is 5.79. The second-order valence-corrected chi connectivity index (χ2v) is 7.25. The summed E-state index contributed by atoms with van der Waals surface area (Å²) >= 11 is 0. The van der Waals surface area contributed by atoms with Crippen LogP contribution in [0.3, 0.4) is 0 Å². The standard InChI is InChI=1S/C18H32N6/c1-3-18(10-8-11-18)14-21-17(19-4-2)20-13-16-23-22-15-9-6-5-7-12-24(15)16/h3-14H2,1-2H3,(H2,19,20,21). The number of nitrogens with one attached hydrogen (secondary N) is 2. The Kier molecular flexibility index (Phi) is 5.74. The second kappa shape index (κ2) is 7.99. The van der Waals surface area contributed by atoms with Crippen molar-refractivity contribution in [3.05, 3.63) is 11.6 Å². The van der Waals surface area contributed by atoms with Gasteiger partial charge in [0.1, 0.15) is 12.4 Å². The summed E-state index contributed by atoms with van der Waals surface area (Å²) in [6, 6.07) is 0. The van der Waals surface area contributed by atoms with Gasteiger partial charge < -0.3 is 15.2 Å². The number of aliphatic imine (C=N–C) groups is 1. The quantitative estimate of drug-likeness (QED) is 0.621. The van der Waals surface area contributed by atoms with Crippen LogP contribution in [-0.2, 0) is 19.5 Å². The van der Waals surface area contributed by atoms with Crippen molar-refractivity contribution in [3.63, 3.8) is 0 Å². The Bertz CT molecular complexity index is 552. The van der Waals surface area contributed by atoms with E-state index in [1.807, 2.05) is 0 Å². The monoisotopic (exact) mass is 332 g/mol. The van der Waals surface area contributed by atoms with Gasteiger partial charge in [-0.05, 0) is 44.4 Å². The molecule has 1 fully saturated rings. The Morgan fingerprint density at radius 3 is 2.71 bits per heavy atom. The highest BCUT2D eigenvalue weighted by Crippen LogP contribution is 2.42. The molecule has 1 saturated carbocycles. The zero-order valence-corrected chi connectivity index (χ0v) is 15.3. The van der Waals surface area contributed by atoms with E-state index in [1.165, 1.54) is 44.9 Å². The molecule has 3 rings (SSSR count). The predicted molar refractivity (Wildman–Crippen MR) is 97.0 cm³/mol. The van der Waals surface area contributed by atoms with E-state index in [4.69, 9.17) is 4.99 Å². The lowest BCUT2D eigenvalue weighted by molar-refractivity contribution is 0.131. The fourth-order valence-corrected chi connectivity index (χ4v) is 3.76. The number of rotatable bonds is 6. The summed E-state index contributed by atoms with van der Waals surface area (Å²) < 4.78 is 2.28. The molecule has 6 nitrogen and oxygen atoms in total. The number of aromatic nitrogens is 3. The first-order chi connectivity index (χ1) is 11.8. The molecule has 1 aliphatic carbocycles. The molecular weight excluding hydrogens is 300 g/mol. The average molecular weight is 332 g/mol. The lowest BCUT2D eigenvalue weighted by atomic mass is 9.67. The molecule has 2 aliphatic rings. The molecular formula is C18H32N6. The Morgan fingerprint density at radius 2 is 2.00 bits per heavy atom. The third kappa shape index (κ3) is 3.90. The Hall–Kier alpha value is -1.59. The molecule has 24 heavy (non-hydrogen) atoms. The van der Waals surface area contributed by atoms with Crippen molar-refractivity contribution in [3.8, 4) is 0 Å². The minimum atomic E-state index is 0.488. The van der Waals surface area contributed by atoms with Gasteiger partial charge in [-0.15, -0.1) is 10.2 Å². The summed E-state index contributed by atoms with van der Waals surface area (Å²) in [7, 11) is 0. The summed E-state index contributed by atoms with van der Waals surface area (Å²) in [5, 5.41) is 15.7. The third-order valence-electron chi connectivity index (χ3n) is 5.70. The van der Waals surface area contributed by atoms with Gasteiger partial charge in [-0.1, -0.05) is 19.8 Å². The van der Waals surface area contributed by atoms with Crippen molar-refractivity contribution in [2.24, 2.45) is 10.4 Å². The van der Waals surface area contributed by atoms with Crippen molar-refractivity contribution in [1.82, 2.24) is 25.4 Å². The Balaban J connectivity index is 1.62. The van der Waals surface area contributed by atoms with E-state index in [9.17, 15) is 0 Å². The molecule has 2 heterocycles. The molecule has 0 amide bonds. The first-order valence-electron chi connectivity index (χ1n) is 9.69. The number of aryl methyl sites for hydroxylation is 1. The number of fused-ring (bicyclic) bond motifs is 1. The molecule has 134 valence electrons. The van der Waals surface area contributed by atoms with E-state index < -0.39 is 0 Å². The summed E-state index contributed by atoms with van der Waals surface area (Å²) in [4.78, 5) is 4.76. The van der Waals surface area contributed by atoms with Crippen LogP contribution in [0.5, 0.6) is 0 Å². The number of guanidine groups is 1. The maximum atomic E-state index is 4.76. The van der Waals surface area contributed by atoms with Crippen LogP contribution in [0.2, 0.25) is 0 Å². The van der Waals surface area contributed by atoms with Crippen LogP contribution in [0.1, 0.15) is 70.4 Å². The van der Waals surface area contributed by atoms with Crippen LogP contribution >= 0.6 is 0 Å². The SMILES string of the molecule is CCNC(=NCc1nnc2n1CCCCC2)NCC1(CC)CCC1. The highest BCUT2D eigenvalue weighted by atomic mass is 15.3. The molecule has 1 aromatic rings. The molecule has 6 heteroatoms. The van der Waals surface area contributed by atoms with Gasteiger partial charge in [0, 0.05) is 26.1 Å². The smallest absolute Gasteiger partial charge is 0.191 e. The molecule has 0 spiro atoms. The predicted octanol–water partition coefficient (Wildman–Crippen LogP) is 2.64. The molecule has 0 atom stereocenters. The van der Waals surface area contributed by atoms with E-state index in [1.54, 1.807) is 0 Å². The van der Waals surface area contributed by atoms with Crippen LogP contribution in [-0.4, -0.2) is 33.8 Å². The van der Waals surface area contributed by atoms with Gasteiger partial charge in [0.15, 0.2) is 11.8 Å². The van der Waals surface area contributed by atoms with Crippen LogP contribution in [0.25, 0.3) is 0 Å². The van der Waals surface area contributed by atoms with E-state index in [0.717, 1.165) is 43.7 Å². The highest BCUT2D eigenvalue weighted by Gasteiger charge is 2.34. The van der Waals surface area contributed by atoms with E-state index in [-0.39, 0.29) is 0 Å². The van der Waals surface area contributed by atoms with Crippen LogP contribution < -0.4 is 10.6 Å². The molecule has 1 aliphatic heterocycles. The first-order valence-corrected chi connectivity index (χ1v) is 9.69. The molecule has 2 N–H and O–H groups in total. The number of hydrogen-bond donors (Lipinski definition) is 2. The average Bonchev–Trinajstić information content (AvgIpc) is 2.78. The van der Waals surface area contributed by atoms with Crippen molar-refractivity contribution >= 4 is 5.96 Å². The fourth-order valence-electron chi connectivity index (χ4n) is 3.76. The third-order valence-corrected chi connectivity index (χ3v) is 5.70. The van der Waals surface area contributed by atoms with E-state index in [2.05, 4.69) is 39.2 Å². The maximum absolute atomic E-state index is 4.76. The molecule has 0 saturated heterocycles. The van der Waals surface area contributed by atoms with Gasteiger partial charge in [-0.25, -0.2) is 4.99 Å². The largest absolute Gasteiger partial charge is 0.357 e. The topological polar surface area (TPSA) is 67.1 Å². The second-order valence-electron chi connectivity index (χ2n) is 7.25. The Morgan fingerprint density at radius 1 is 1.12 bits per heavy atom. The van der Waals surface area contributed by atoms with Gasteiger partial charge in [0.25, 0.3) is 0 Å².